The van der Waals surface area contributed by atoms with E-state index in [-0.39, 0.29) is 17.2 Å². The average molecular weight is 327 g/mol. The van der Waals surface area contributed by atoms with Crippen LogP contribution < -0.4 is 10.6 Å². The lowest BCUT2D eigenvalue weighted by Crippen LogP contribution is -2.14. The van der Waals surface area contributed by atoms with Crippen LogP contribution in [0.2, 0.25) is 0 Å². The van der Waals surface area contributed by atoms with Crippen molar-refractivity contribution in [1.29, 1.82) is 0 Å². The highest BCUT2D eigenvalue weighted by Gasteiger charge is 2.19. The summed E-state index contributed by atoms with van der Waals surface area (Å²) >= 11 is 0. The van der Waals surface area contributed by atoms with Crippen LogP contribution in [-0.2, 0) is 4.79 Å². The second-order valence-corrected chi connectivity index (χ2v) is 5.11. The molecule has 0 aliphatic rings. The largest absolute Gasteiger partial charge is 0.326 e. The molecule has 24 heavy (non-hydrogen) atoms. The van der Waals surface area contributed by atoms with Crippen LogP contribution in [-0.4, -0.2) is 16.7 Å². The van der Waals surface area contributed by atoms with Gasteiger partial charge in [0.15, 0.2) is 0 Å². The van der Waals surface area contributed by atoms with E-state index in [1.54, 1.807) is 30.3 Å². The summed E-state index contributed by atoms with van der Waals surface area (Å²) in [4.78, 5) is 34.3. The van der Waals surface area contributed by atoms with Gasteiger partial charge >= 0.3 is 0 Å². The summed E-state index contributed by atoms with van der Waals surface area (Å²) in [6.07, 6.45) is 1.15. The molecule has 0 bridgehead atoms. The zero-order chi connectivity index (χ0) is 17.5. The van der Waals surface area contributed by atoms with Crippen LogP contribution in [0.1, 0.15) is 30.1 Å². The van der Waals surface area contributed by atoms with E-state index >= 15 is 0 Å². The predicted octanol–water partition coefficient (Wildman–Crippen LogP) is 3.59. The van der Waals surface area contributed by atoms with Crippen molar-refractivity contribution in [1.82, 2.24) is 0 Å². The van der Waals surface area contributed by atoms with Crippen molar-refractivity contribution < 1.29 is 14.5 Å². The van der Waals surface area contributed by atoms with E-state index in [1.807, 2.05) is 6.92 Å². The maximum Gasteiger partial charge on any atom is 0.282 e. The molecule has 2 amide bonds. The fourth-order valence-corrected chi connectivity index (χ4v) is 2.15. The summed E-state index contributed by atoms with van der Waals surface area (Å²) in [5.41, 5.74) is 0.701. The number of rotatable bonds is 6. The Morgan fingerprint density at radius 2 is 1.71 bits per heavy atom. The number of nitro groups is 1. The summed E-state index contributed by atoms with van der Waals surface area (Å²) < 4.78 is 0. The number of nitrogens with one attached hydrogen (secondary N) is 2. The molecule has 2 aromatic carbocycles. The Kier molecular flexibility index (Phi) is 5.62. The van der Waals surface area contributed by atoms with E-state index in [2.05, 4.69) is 10.6 Å². The molecule has 0 saturated carbocycles. The molecular formula is C17H17N3O4. The number of carbonyl (C=O) groups is 2. The molecule has 7 heteroatoms. The minimum Gasteiger partial charge on any atom is -0.326 e. The zero-order valence-corrected chi connectivity index (χ0v) is 13.1. The molecule has 0 saturated heterocycles. The van der Waals surface area contributed by atoms with Gasteiger partial charge in [-0.3, -0.25) is 19.7 Å². The third-order valence-electron chi connectivity index (χ3n) is 3.23. The number of benzene rings is 2. The summed E-state index contributed by atoms with van der Waals surface area (Å²) in [7, 11) is 0. The van der Waals surface area contributed by atoms with Gasteiger partial charge in [-0.1, -0.05) is 25.1 Å². The Balaban J connectivity index is 2.15. The van der Waals surface area contributed by atoms with Gasteiger partial charge < -0.3 is 10.6 Å². The quantitative estimate of drug-likeness (QED) is 0.625. The first-order chi connectivity index (χ1) is 11.5. The summed E-state index contributed by atoms with van der Waals surface area (Å²) in [6.45, 7) is 1.91. The highest BCUT2D eigenvalue weighted by molar-refractivity contribution is 6.07. The van der Waals surface area contributed by atoms with Gasteiger partial charge in [0.2, 0.25) is 5.91 Å². The fourth-order valence-electron chi connectivity index (χ4n) is 2.15. The Bertz CT molecular complexity index is 774. The minimum atomic E-state index is -0.601. The van der Waals surface area contributed by atoms with Crippen molar-refractivity contribution in [2.75, 3.05) is 10.6 Å². The molecule has 7 nitrogen and oxygen atoms in total. The van der Waals surface area contributed by atoms with Crippen molar-refractivity contribution in [3.8, 4) is 0 Å². The second-order valence-electron chi connectivity index (χ2n) is 5.11. The maximum atomic E-state index is 12.3. The summed E-state index contributed by atoms with van der Waals surface area (Å²) in [6, 6.07) is 12.3. The van der Waals surface area contributed by atoms with Gasteiger partial charge in [0, 0.05) is 23.9 Å². The van der Waals surface area contributed by atoms with E-state index in [1.165, 1.54) is 18.2 Å². The minimum absolute atomic E-state index is 0.0251. The number of nitro benzene ring substituents is 1. The van der Waals surface area contributed by atoms with Gasteiger partial charge in [0.25, 0.3) is 11.6 Å². The van der Waals surface area contributed by atoms with Gasteiger partial charge in [0.05, 0.1) is 4.92 Å². The highest BCUT2D eigenvalue weighted by Crippen LogP contribution is 2.21. The molecule has 2 N–H and O–H groups in total. The molecule has 0 aromatic heterocycles. The monoisotopic (exact) mass is 327 g/mol. The molecule has 0 fully saturated rings. The van der Waals surface area contributed by atoms with Crippen LogP contribution in [0.4, 0.5) is 17.1 Å². The van der Waals surface area contributed by atoms with Gasteiger partial charge in [-0.25, -0.2) is 0 Å². The molecule has 124 valence electrons. The van der Waals surface area contributed by atoms with Crippen LogP contribution in [0.25, 0.3) is 0 Å². The molecule has 0 radical (unpaired) electrons. The Labute approximate surface area is 138 Å². The molecule has 0 heterocycles. The number of hydrogen-bond donors (Lipinski definition) is 2. The Hall–Kier alpha value is -3.22. The lowest BCUT2D eigenvalue weighted by atomic mass is 10.1. The number of para-hydroxylation sites is 1. The standard InChI is InChI=1S/C17H17N3O4/c1-2-6-16(21)18-12-7-5-8-13(11-12)19-17(22)14-9-3-4-10-15(14)20(23)24/h3-5,7-11H,2,6H2,1H3,(H,18,21)(H,19,22). The van der Waals surface area contributed by atoms with Crippen molar-refractivity contribution in [2.24, 2.45) is 0 Å². The Morgan fingerprint density at radius 1 is 1.04 bits per heavy atom. The predicted molar refractivity (Wildman–Crippen MR) is 91.0 cm³/mol. The Morgan fingerprint density at radius 3 is 2.38 bits per heavy atom. The van der Waals surface area contributed by atoms with Crippen LogP contribution in [0.15, 0.2) is 48.5 Å². The van der Waals surface area contributed by atoms with Crippen molar-refractivity contribution in [3.05, 3.63) is 64.2 Å². The topological polar surface area (TPSA) is 101 Å². The molecular weight excluding hydrogens is 310 g/mol. The molecule has 0 spiro atoms. The number of carbonyl (C=O) groups excluding carboxylic acids is 2. The number of nitrogens with zero attached hydrogens (tertiary/aromatic N) is 1. The van der Waals surface area contributed by atoms with Gasteiger partial charge in [-0.15, -0.1) is 0 Å². The molecule has 0 atom stereocenters. The lowest BCUT2D eigenvalue weighted by molar-refractivity contribution is -0.385. The van der Waals surface area contributed by atoms with Gasteiger partial charge in [-0.05, 0) is 30.7 Å². The lowest BCUT2D eigenvalue weighted by Gasteiger charge is -2.09. The molecule has 0 aliphatic heterocycles. The van der Waals surface area contributed by atoms with E-state index < -0.39 is 10.8 Å². The van der Waals surface area contributed by atoms with Crippen LogP contribution >= 0.6 is 0 Å². The molecule has 0 unspecified atom stereocenters. The van der Waals surface area contributed by atoms with E-state index in [4.69, 9.17) is 0 Å². The normalized spacial score (nSPS) is 10.0. The molecule has 2 aromatic rings. The SMILES string of the molecule is CCCC(=O)Nc1cccc(NC(=O)c2ccccc2[N+](=O)[O-])c1. The molecule has 2 rings (SSSR count). The van der Waals surface area contributed by atoms with E-state index in [9.17, 15) is 19.7 Å². The first-order valence-corrected chi connectivity index (χ1v) is 7.46. The fraction of sp³-hybridized carbons (Fsp3) is 0.176. The maximum absolute atomic E-state index is 12.3. The number of amides is 2. The van der Waals surface area contributed by atoms with Crippen LogP contribution in [0.5, 0.6) is 0 Å². The van der Waals surface area contributed by atoms with Gasteiger partial charge in [0.1, 0.15) is 5.56 Å². The number of hydrogen-bond acceptors (Lipinski definition) is 4. The smallest absolute Gasteiger partial charge is 0.282 e. The summed E-state index contributed by atoms with van der Waals surface area (Å²) in [5.74, 6) is -0.695. The highest BCUT2D eigenvalue weighted by atomic mass is 16.6. The zero-order valence-electron chi connectivity index (χ0n) is 13.1. The van der Waals surface area contributed by atoms with Crippen LogP contribution in [0.3, 0.4) is 0 Å². The summed E-state index contributed by atoms with van der Waals surface area (Å²) in [5, 5.41) is 16.3. The first-order valence-electron chi connectivity index (χ1n) is 7.46. The first kappa shape index (κ1) is 17.1. The second kappa shape index (κ2) is 7.87. The molecule has 0 aliphatic carbocycles. The van der Waals surface area contributed by atoms with Gasteiger partial charge in [-0.2, -0.15) is 0 Å². The van der Waals surface area contributed by atoms with Crippen LogP contribution in [0, 0.1) is 10.1 Å². The van der Waals surface area contributed by atoms with Crippen molar-refractivity contribution in [3.63, 3.8) is 0 Å². The number of anilines is 2. The van der Waals surface area contributed by atoms with Crippen molar-refractivity contribution >= 4 is 28.9 Å². The average Bonchev–Trinajstić information content (AvgIpc) is 2.55. The van der Waals surface area contributed by atoms with Crippen molar-refractivity contribution in [2.45, 2.75) is 19.8 Å². The third kappa shape index (κ3) is 4.39. The van der Waals surface area contributed by atoms with E-state index in [0.717, 1.165) is 6.42 Å². The van der Waals surface area contributed by atoms with E-state index in [0.29, 0.717) is 17.8 Å². The third-order valence-corrected chi connectivity index (χ3v) is 3.23.